The summed E-state index contributed by atoms with van der Waals surface area (Å²) in [7, 11) is 1.64. The van der Waals surface area contributed by atoms with Crippen molar-refractivity contribution in [3.8, 4) is 5.75 Å². The molecule has 3 rings (SSSR count). The Morgan fingerprint density at radius 1 is 1.50 bits per heavy atom. The third-order valence-corrected chi connectivity index (χ3v) is 3.49. The van der Waals surface area contributed by atoms with Crippen LogP contribution >= 0.6 is 0 Å². The van der Waals surface area contributed by atoms with Gasteiger partial charge in [0.2, 0.25) is 5.91 Å². The van der Waals surface area contributed by atoms with Gasteiger partial charge >= 0.3 is 0 Å². The Balaban J connectivity index is 1.89. The number of nitrogens with zero attached hydrogens (tertiary/aromatic N) is 1. The Morgan fingerprint density at radius 2 is 2.39 bits per heavy atom. The molecular weight excluding hydrogens is 232 g/mol. The Hall–Kier alpha value is -1.59. The monoisotopic (exact) mass is 248 g/mol. The van der Waals surface area contributed by atoms with Crippen LogP contribution in [0.4, 0.5) is 0 Å². The maximum Gasteiger partial charge on any atom is 0.241 e. The second-order valence-corrected chi connectivity index (χ2v) is 4.52. The molecule has 0 bridgehead atoms. The number of carbonyl (C=O) groups excluding carboxylic acids is 1. The van der Waals surface area contributed by atoms with E-state index >= 15 is 0 Å². The van der Waals surface area contributed by atoms with E-state index < -0.39 is 0 Å². The molecule has 0 unspecified atom stereocenters. The van der Waals surface area contributed by atoms with Gasteiger partial charge in [0.15, 0.2) is 0 Å². The highest BCUT2D eigenvalue weighted by atomic mass is 16.5. The van der Waals surface area contributed by atoms with Crippen LogP contribution < -0.4 is 10.1 Å². The van der Waals surface area contributed by atoms with Crippen LogP contribution in [0.5, 0.6) is 5.75 Å². The molecular formula is C13H16N2O3. The highest BCUT2D eigenvalue weighted by Crippen LogP contribution is 2.29. The molecule has 0 aliphatic carbocycles. The number of carbonyl (C=O) groups is 1. The van der Waals surface area contributed by atoms with Gasteiger partial charge in [0.05, 0.1) is 20.3 Å². The fraction of sp³-hybridized carbons (Fsp3) is 0.462. The number of ether oxygens (including phenoxy) is 2. The fourth-order valence-corrected chi connectivity index (χ4v) is 2.55. The van der Waals surface area contributed by atoms with Crippen molar-refractivity contribution in [3.63, 3.8) is 0 Å². The topological polar surface area (TPSA) is 50.8 Å². The summed E-state index contributed by atoms with van der Waals surface area (Å²) in [5.41, 5.74) is 1.05. The number of benzene rings is 1. The van der Waals surface area contributed by atoms with E-state index in [0.717, 1.165) is 17.9 Å². The van der Waals surface area contributed by atoms with Gasteiger partial charge in [-0.3, -0.25) is 9.69 Å². The van der Waals surface area contributed by atoms with Gasteiger partial charge in [0.1, 0.15) is 18.0 Å². The molecule has 2 saturated heterocycles. The minimum absolute atomic E-state index is 0.0440. The molecule has 2 heterocycles. The summed E-state index contributed by atoms with van der Waals surface area (Å²) in [6.45, 7) is 1.92. The number of amides is 1. The number of morpholine rings is 1. The zero-order valence-corrected chi connectivity index (χ0v) is 10.3. The molecule has 0 spiro atoms. The third-order valence-electron chi connectivity index (χ3n) is 3.49. The summed E-state index contributed by atoms with van der Waals surface area (Å²) in [4.78, 5) is 14.0. The lowest BCUT2D eigenvalue weighted by Crippen LogP contribution is -2.44. The standard InChI is InChI=1S/C13H16N2O3/c1-17-10-4-2-3-9(7-10)12-14-13(16)11-8-18-6-5-15(11)12/h2-4,7,11-12H,5-6,8H2,1H3,(H,14,16)/t11-,12-/m1/s1. The molecule has 2 atom stereocenters. The van der Waals surface area contributed by atoms with Crippen LogP contribution in [-0.4, -0.2) is 43.7 Å². The Labute approximate surface area is 106 Å². The molecule has 2 fully saturated rings. The van der Waals surface area contributed by atoms with Crippen LogP contribution in [-0.2, 0) is 9.53 Å². The minimum atomic E-state index is -0.157. The van der Waals surface area contributed by atoms with Crippen molar-refractivity contribution < 1.29 is 14.3 Å². The summed E-state index contributed by atoms with van der Waals surface area (Å²) >= 11 is 0. The lowest BCUT2D eigenvalue weighted by atomic mass is 10.1. The van der Waals surface area contributed by atoms with Gasteiger partial charge < -0.3 is 14.8 Å². The number of rotatable bonds is 2. The molecule has 2 aliphatic rings. The summed E-state index contributed by atoms with van der Waals surface area (Å²) in [6.07, 6.45) is -0.0681. The molecule has 96 valence electrons. The van der Waals surface area contributed by atoms with E-state index in [1.807, 2.05) is 24.3 Å². The van der Waals surface area contributed by atoms with Crippen LogP contribution in [0.3, 0.4) is 0 Å². The summed E-state index contributed by atoms with van der Waals surface area (Å²) in [6, 6.07) is 7.65. The van der Waals surface area contributed by atoms with E-state index in [4.69, 9.17) is 9.47 Å². The van der Waals surface area contributed by atoms with Crippen LogP contribution in [0.2, 0.25) is 0 Å². The molecule has 1 amide bonds. The highest BCUT2D eigenvalue weighted by molar-refractivity contribution is 5.84. The fourth-order valence-electron chi connectivity index (χ4n) is 2.55. The predicted molar refractivity (Wildman–Crippen MR) is 65.2 cm³/mol. The van der Waals surface area contributed by atoms with Crippen molar-refractivity contribution >= 4 is 5.91 Å². The minimum Gasteiger partial charge on any atom is -0.497 e. The van der Waals surface area contributed by atoms with Crippen molar-refractivity contribution in [2.75, 3.05) is 26.9 Å². The van der Waals surface area contributed by atoms with Gasteiger partial charge in [-0.15, -0.1) is 0 Å². The normalized spacial score (nSPS) is 27.7. The van der Waals surface area contributed by atoms with Crippen molar-refractivity contribution in [3.05, 3.63) is 29.8 Å². The largest absolute Gasteiger partial charge is 0.497 e. The molecule has 5 nitrogen and oxygen atoms in total. The first kappa shape index (κ1) is 11.5. The van der Waals surface area contributed by atoms with Crippen LogP contribution in [0, 0.1) is 0 Å². The average Bonchev–Trinajstić information content (AvgIpc) is 2.77. The van der Waals surface area contributed by atoms with Gasteiger partial charge in [-0.25, -0.2) is 0 Å². The summed E-state index contributed by atoms with van der Waals surface area (Å²) in [5.74, 6) is 0.848. The van der Waals surface area contributed by atoms with Crippen LogP contribution in [0.1, 0.15) is 11.7 Å². The summed E-state index contributed by atoms with van der Waals surface area (Å²) in [5, 5.41) is 3.01. The number of fused-ring (bicyclic) bond motifs is 1. The van der Waals surface area contributed by atoms with E-state index in [1.165, 1.54) is 0 Å². The Bertz CT molecular complexity index is 463. The Morgan fingerprint density at radius 3 is 3.22 bits per heavy atom. The molecule has 5 heteroatoms. The maximum absolute atomic E-state index is 11.9. The van der Waals surface area contributed by atoms with Crippen molar-refractivity contribution in [2.24, 2.45) is 0 Å². The van der Waals surface area contributed by atoms with Gasteiger partial charge in [-0.1, -0.05) is 12.1 Å². The predicted octanol–water partition coefficient (Wildman–Crippen LogP) is 0.524. The maximum atomic E-state index is 11.9. The SMILES string of the molecule is COc1cccc([C@@H]2NC(=O)[C@H]3COCCN32)c1. The lowest BCUT2D eigenvalue weighted by molar-refractivity contribution is -0.125. The van der Waals surface area contributed by atoms with E-state index in [0.29, 0.717) is 13.2 Å². The van der Waals surface area contributed by atoms with Crippen molar-refractivity contribution in [1.82, 2.24) is 10.2 Å². The average molecular weight is 248 g/mol. The first-order valence-corrected chi connectivity index (χ1v) is 6.07. The van der Waals surface area contributed by atoms with Gasteiger partial charge in [-0.2, -0.15) is 0 Å². The zero-order valence-electron chi connectivity index (χ0n) is 10.3. The molecule has 2 aliphatic heterocycles. The Kier molecular flexibility index (Phi) is 2.93. The molecule has 1 aromatic rings. The number of hydrogen-bond donors (Lipinski definition) is 1. The number of methoxy groups -OCH3 is 1. The first-order valence-electron chi connectivity index (χ1n) is 6.07. The zero-order chi connectivity index (χ0) is 12.5. The van der Waals surface area contributed by atoms with Gasteiger partial charge in [0.25, 0.3) is 0 Å². The first-order chi connectivity index (χ1) is 8.79. The molecule has 0 radical (unpaired) electrons. The van der Waals surface area contributed by atoms with Crippen molar-refractivity contribution in [1.29, 1.82) is 0 Å². The van der Waals surface area contributed by atoms with Gasteiger partial charge in [-0.05, 0) is 17.7 Å². The third kappa shape index (κ3) is 1.85. The molecule has 0 aromatic heterocycles. The lowest BCUT2D eigenvalue weighted by Gasteiger charge is -2.31. The quantitative estimate of drug-likeness (QED) is 0.829. The van der Waals surface area contributed by atoms with E-state index in [1.54, 1.807) is 7.11 Å². The van der Waals surface area contributed by atoms with Crippen LogP contribution in [0.25, 0.3) is 0 Å². The van der Waals surface area contributed by atoms with E-state index in [2.05, 4.69) is 10.2 Å². The van der Waals surface area contributed by atoms with E-state index in [-0.39, 0.29) is 18.1 Å². The number of nitrogens with one attached hydrogen (secondary N) is 1. The smallest absolute Gasteiger partial charge is 0.241 e. The van der Waals surface area contributed by atoms with E-state index in [9.17, 15) is 4.79 Å². The van der Waals surface area contributed by atoms with Gasteiger partial charge in [0, 0.05) is 6.54 Å². The van der Waals surface area contributed by atoms with Crippen LogP contribution in [0.15, 0.2) is 24.3 Å². The molecule has 1 aromatic carbocycles. The number of hydrogen-bond acceptors (Lipinski definition) is 4. The molecule has 0 saturated carbocycles. The second kappa shape index (κ2) is 4.59. The highest BCUT2D eigenvalue weighted by Gasteiger charge is 2.42. The van der Waals surface area contributed by atoms with Crippen molar-refractivity contribution in [2.45, 2.75) is 12.2 Å². The summed E-state index contributed by atoms with van der Waals surface area (Å²) < 4.78 is 10.6. The molecule has 1 N–H and O–H groups in total. The molecule has 18 heavy (non-hydrogen) atoms. The second-order valence-electron chi connectivity index (χ2n) is 4.52.